The van der Waals surface area contributed by atoms with Gasteiger partial charge in [-0.25, -0.2) is 23.9 Å². The monoisotopic (exact) mass is 937 g/mol. The van der Waals surface area contributed by atoms with Crippen LogP contribution >= 0.6 is 11.3 Å². The number of imidazole rings is 1. The number of thiazole rings is 1. The molecular formula is C50H52FN11O5S. The molecule has 18 heteroatoms. The summed E-state index contributed by atoms with van der Waals surface area (Å²) in [5.41, 5.74) is 7.49. The molecule has 0 aliphatic carbocycles. The first-order valence-electron chi connectivity index (χ1n) is 22.6. The molecule has 2 saturated heterocycles. The number of hydrogen-bond acceptors (Lipinski definition) is 12. The highest BCUT2D eigenvalue weighted by Gasteiger charge is 2.44. The van der Waals surface area contributed by atoms with E-state index in [0.717, 1.165) is 43.9 Å². The number of fused-ring (bicyclic) bond motifs is 2. The summed E-state index contributed by atoms with van der Waals surface area (Å²) >= 11 is 1.56. The van der Waals surface area contributed by atoms with Crippen molar-refractivity contribution in [1.82, 2.24) is 54.9 Å². The summed E-state index contributed by atoms with van der Waals surface area (Å²) in [6.45, 7) is 8.83. The number of aryl methyl sites for hydroxylation is 1. The number of nitrogens with zero attached hydrogens (tertiary/aromatic N) is 9. The highest BCUT2D eigenvalue weighted by molar-refractivity contribution is 7.13. The van der Waals surface area contributed by atoms with E-state index >= 15 is 4.39 Å². The Morgan fingerprint density at radius 3 is 2.38 bits per heavy atom. The Balaban J connectivity index is 0.780. The lowest BCUT2D eigenvalue weighted by atomic mass is 9.85. The van der Waals surface area contributed by atoms with Crippen LogP contribution in [0.3, 0.4) is 0 Å². The van der Waals surface area contributed by atoms with E-state index in [1.54, 1.807) is 44.7 Å². The maximum atomic E-state index is 15.7. The normalized spacial score (nSPS) is 17.1. The number of nitrogens with one attached hydrogen (secondary N) is 2. The van der Waals surface area contributed by atoms with Crippen molar-refractivity contribution in [1.29, 1.82) is 0 Å². The first-order valence-corrected chi connectivity index (χ1v) is 23.5. The van der Waals surface area contributed by atoms with Gasteiger partial charge in [0.05, 0.1) is 57.9 Å². The number of rotatable bonds is 12. The van der Waals surface area contributed by atoms with Crippen molar-refractivity contribution in [2.24, 2.45) is 5.41 Å². The van der Waals surface area contributed by atoms with E-state index in [1.807, 2.05) is 81.1 Å². The number of benzene rings is 3. The lowest BCUT2D eigenvalue weighted by Crippen LogP contribution is -2.59. The SMILES string of the molecule is Cc1ncsc1-c1ccc(CNC(=O)[C@@H]2C[C@@H](O)CN2C(=O)[C@@H](NC(=O)CN2CCN(C(=O)c3ccc(-c4cnc5ncc(Cc6ccc7ncccc7c6)n5n4)cc3F)CC2)C(C)(C)C)cc1. The third-order valence-electron chi connectivity index (χ3n) is 12.6. The number of aliphatic hydroxyl groups excluding tert-OH is 1. The summed E-state index contributed by atoms with van der Waals surface area (Å²) in [7, 11) is 0. The summed E-state index contributed by atoms with van der Waals surface area (Å²) in [5, 5.41) is 22.2. The van der Waals surface area contributed by atoms with Crippen LogP contribution in [0.4, 0.5) is 4.39 Å². The van der Waals surface area contributed by atoms with Crippen molar-refractivity contribution >= 4 is 51.6 Å². The van der Waals surface area contributed by atoms with Gasteiger partial charge in [-0.2, -0.15) is 5.10 Å². The minimum Gasteiger partial charge on any atom is -0.391 e. The molecule has 4 amide bonds. The highest BCUT2D eigenvalue weighted by atomic mass is 32.1. The molecule has 7 aromatic rings. The summed E-state index contributed by atoms with van der Waals surface area (Å²) in [5.74, 6) is -1.98. The van der Waals surface area contributed by atoms with Gasteiger partial charge in [-0.05, 0) is 59.4 Å². The maximum absolute atomic E-state index is 15.7. The molecule has 68 heavy (non-hydrogen) atoms. The first kappa shape index (κ1) is 46.1. The van der Waals surface area contributed by atoms with E-state index in [9.17, 15) is 24.3 Å². The first-order chi connectivity index (χ1) is 32.7. The van der Waals surface area contributed by atoms with Crippen LogP contribution in [0.15, 0.2) is 96.9 Å². The molecular weight excluding hydrogens is 886 g/mol. The molecule has 0 saturated carbocycles. The summed E-state index contributed by atoms with van der Waals surface area (Å²) in [6.07, 6.45) is 4.73. The minimum absolute atomic E-state index is 0.0381. The molecule has 2 fully saturated rings. The topological polar surface area (TPSA) is 191 Å². The van der Waals surface area contributed by atoms with Crippen LogP contribution in [0.25, 0.3) is 38.4 Å². The highest BCUT2D eigenvalue weighted by Crippen LogP contribution is 2.29. The molecule has 2 aliphatic rings. The summed E-state index contributed by atoms with van der Waals surface area (Å²) in [6, 6.07) is 20.3. The Hall–Kier alpha value is -7.02. The van der Waals surface area contributed by atoms with E-state index in [0.29, 0.717) is 36.5 Å². The number of aliphatic hydroxyl groups is 1. The second kappa shape index (κ2) is 19.3. The number of carbonyl (C=O) groups excluding carboxylic acids is 4. The fourth-order valence-electron chi connectivity index (χ4n) is 8.83. The molecule has 0 spiro atoms. The Bertz CT molecular complexity index is 3020. The molecule has 350 valence electrons. The lowest BCUT2D eigenvalue weighted by molar-refractivity contribution is -0.144. The lowest BCUT2D eigenvalue weighted by Gasteiger charge is -2.37. The standard InChI is InChI=1S/C50H52FN11O5S/c1-30-44(68-29-56-30)33-10-7-31(8-11-33)24-53-46(65)42-23-37(63)27-61(42)48(67)45(50(2,3)4)57-43(64)28-59-16-18-60(19-17-59)47(66)38-13-12-35(22-39(38)51)41-26-55-49-54-25-36(62(49)58-41)21-32-9-14-40-34(20-32)6-5-15-52-40/h5-15,20,22,25-26,29,37,42,45,63H,16-19,21,23-24,27-28H2,1-4H3,(H,53,65)(H,57,64)/t37-,42+,45-/m1/s1. The van der Waals surface area contributed by atoms with Crippen LogP contribution in [0, 0.1) is 18.2 Å². The quantitative estimate of drug-likeness (QED) is 0.148. The fraction of sp³-hybridized carbons (Fsp3) is 0.340. The van der Waals surface area contributed by atoms with Gasteiger partial charge in [0.2, 0.25) is 17.7 Å². The number of carbonyl (C=O) groups is 4. The molecule has 9 rings (SSSR count). The maximum Gasteiger partial charge on any atom is 0.256 e. The van der Waals surface area contributed by atoms with Gasteiger partial charge in [-0.1, -0.05) is 63.2 Å². The van der Waals surface area contributed by atoms with E-state index in [2.05, 4.69) is 36.6 Å². The van der Waals surface area contributed by atoms with E-state index in [-0.39, 0.29) is 50.6 Å². The molecule has 4 aromatic heterocycles. The molecule has 16 nitrogen and oxygen atoms in total. The molecule has 3 N–H and O–H groups in total. The van der Waals surface area contributed by atoms with Gasteiger partial charge in [0.25, 0.3) is 11.7 Å². The number of hydrogen-bond donors (Lipinski definition) is 3. The minimum atomic E-state index is -0.990. The molecule has 3 aromatic carbocycles. The predicted octanol–water partition coefficient (Wildman–Crippen LogP) is 5.07. The van der Waals surface area contributed by atoms with Crippen LogP contribution < -0.4 is 10.6 Å². The zero-order valence-corrected chi connectivity index (χ0v) is 39.0. The molecule has 0 unspecified atom stereocenters. The van der Waals surface area contributed by atoms with E-state index in [1.165, 1.54) is 23.2 Å². The van der Waals surface area contributed by atoms with Crippen LogP contribution in [0.2, 0.25) is 0 Å². The predicted molar refractivity (Wildman–Crippen MR) is 255 cm³/mol. The Kier molecular flexibility index (Phi) is 13.1. The van der Waals surface area contributed by atoms with Crippen molar-refractivity contribution in [2.45, 2.75) is 65.3 Å². The van der Waals surface area contributed by atoms with Crippen LogP contribution in [-0.2, 0) is 27.3 Å². The average Bonchev–Trinajstić information content (AvgIpc) is 4.07. The third kappa shape index (κ3) is 9.98. The summed E-state index contributed by atoms with van der Waals surface area (Å²) < 4.78 is 17.4. The molecule has 3 atom stereocenters. The molecule has 0 radical (unpaired) electrons. The van der Waals surface area contributed by atoms with Gasteiger partial charge in [0, 0.05) is 69.3 Å². The largest absolute Gasteiger partial charge is 0.391 e. The number of piperazine rings is 1. The Morgan fingerprint density at radius 2 is 1.65 bits per heavy atom. The van der Waals surface area contributed by atoms with E-state index < -0.39 is 47.1 Å². The number of amides is 4. The fourth-order valence-corrected chi connectivity index (χ4v) is 9.65. The number of likely N-dealkylation sites (tertiary alicyclic amines) is 1. The molecule has 0 bridgehead atoms. The van der Waals surface area contributed by atoms with Gasteiger partial charge in [-0.15, -0.1) is 11.3 Å². The van der Waals surface area contributed by atoms with E-state index in [4.69, 9.17) is 5.10 Å². The van der Waals surface area contributed by atoms with Crippen molar-refractivity contribution < 1.29 is 28.7 Å². The van der Waals surface area contributed by atoms with Crippen LogP contribution in [0.1, 0.15) is 60.1 Å². The smallest absolute Gasteiger partial charge is 0.256 e. The number of aromatic nitrogens is 6. The second-order valence-electron chi connectivity index (χ2n) is 18.5. The number of β-amino-alcohol motifs (C(OH)–C–C–N with tert-alkyl or cyclic N) is 1. The van der Waals surface area contributed by atoms with Crippen LogP contribution in [-0.4, -0.2) is 130 Å². The van der Waals surface area contributed by atoms with Gasteiger partial charge in [0.1, 0.15) is 23.6 Å². The van der Waals surface area contributed by atoms with Crippen molar-refractivity contribution in [2.75, 3.05) is 39.3 Å². The number of pyridine rings is 1. The van der Waals surface area contributed by atoms with Gasteiger partial charge >= 0.3 is 0 Å². The van der Waals surface area contributed by atoms with Crippen molar-refractivity contribution in [3.8, 4) is 21.7 Å². The number of halogens is 1. The second-order valence-corrected chi connectivity index (χ2v) is 19.4. The third-order valence-corrected chi connectivity index (χ3v) is 13.6. The molecule has 6 heterocycles. The van der Waals surface area contributed by atoms with Gasteiger partial charge in [0.15, 0.2) is 0 Å². The van der Waals surface area contributed by atoms with Crippen molar-refractivity contribution in [3.63, 3.8) is 0 Å². The zero-order valence-electron chi connectivity index (χ0n) is 38.2. The summed E-state index contributed by atoms with van der Waals surface area (Å²) in [4.78, 5) is 78.4. The average molecular weight is 938 g/mol. The van der Waals surface area contributed by atoms with Gasteiger partial charge in [-0.3, -0.25) is 29.1 Å². The van der Waals surface area contributed by atoms with Crippen molar-refractivity contribution in [3.05, 3.63) is 131 Å². The van der Waals surface area contributed by atoms with Gasteiger partial charge < -0.3 is 25.5 Å². The molecule has 2 aliphatic heterocycles. The zero-order chi connectivity index (χ0) is 47.7. The Morgan fingerprint density at radius 1 is 0.897 bits per heavy atom. The van der Waals surface area contributed by atoms with Crippen LogP contribution in [0.5, 0.6) is 0 Å². The Labute approximate surface area is 396 Å².